The summed E-state index contributed by atoms with van der Waals surface area (Å²) in [4.78, 5) is 0. The largest absolute Gasteiger partial charge is 0.487 e. The van der Waals surface area contributed by atoms with Crippen LogP contribution in [0, 0.1) is 0 Å². The molecule has 1 aromatic rings. The zero-order chi connectivity index (χ0) is 14.8. The van der Waals surface area contributed by atoms with E-state index in [2.05, 4.69) is 5.32 Å². The number of hydrogen-bond donors (Lipinski definition) is 1. The van der Waals surface area contributed by atoms with Gasteiger partial charge in [0.15, 0.2) is 0 Å². The lowest BCUT2D eigenvalue weighted by Crippen LogP contribution is -2.26. The second-order valence-electron chi connectivity index (χ2n) is 4.70. The van der Waals surface area contributed by atoms with Gasteiger partial charge in [-0.15, -0.1) is 0 Å². The lowest BCUT2D eigenvalue weighted by Gasteiger charge is -2.19. The van der Waals surface area contributed by atoms with Gasteiger partial charge in [-0.25, -0.2) is 8.42 Å². The van der Waals surface area contributed by atoms with Gasteiger partial charge in [0.1, 0.15) is 22.2 Å². The maximum atomic E-state index is 11.0. The fourth-order valence-corrected chi connectivity index (χ4v) is 2.95. The first-order valence-electron chi connectivity index (χ1n) is 6.05. The molecule has 0 radical (unpaired) electrons. The molecule has 4 nitrogen and oxygen atoms in total. The van der Waals surface area contributed by atoms with Crippen molar-refractivity contribution in [3.8, 4) is 5.75 Å². The summed E-state index contributed by atoms with van der Waals surface area (Å²) in [5, 5.41) is 4.13. The standard InChI is InChI=1S/C13H15Cl2NO3S/c1-20(17,18)3-2-16-7-9-4-10-5-11(14)6-12(15)13(10)19-8-9/h4-6,16H,2-3,7-8H2,1H3. The Morgan fingerprint density at radius 2 is 2.10 bits per heavy atom. The van der Waals surface area contributed by atoms with Gasteiger partial charge in [0.2, 0.25) is 0 Å². The zero-order valence-electron chi connectivity index (χ0n) is 10.9. The maximum absolute atomic E-state index is 11.0. The number of ether oxygens (including phenoxy) is 1. The van der Waals surface area contributed by atoms with Crippen LogP contribution in [0.5, 0.6) is 5.75 Å². The van der Waals surface area contributed by atoms with E-state index < -0.39 is 9.84 Å². The average molecular weight is 336 g/mol. The summed E-state index contributed by atoms with van der Waals surface area (Å²) in [6.07, 6.45) is 3.18. The van der Waals surface area contributed by atoms with Crippen LogP contribution in [0.15, 0.2) is 17.7 Å². The first kappa shape index (κ1) is 15.6. The van der Waals surface area contributed by atoms with Crippen molar-refractivity contribution >= 4 is 39.1 Å². The van der Waals surface area contributed by atoms with E-state index in [9.17, 15) is 8.42 Å². The molecule has 20 heavy (non-hydrogen) atoms. The van der Waals surface area contributed by atoms with Gasteiger partial charge in [0.25, 0.3) is 0 Å². The van der Waals surface area contributed by atoms with E-state index in [1.807, 2.05) is 6.08 Å². The predicted molar refractivity (Wildman–Crippen MR) is 82.5 cm³/mol. The highest BCUT2D eigenvalue weighted by Gasteiger charge is 2.15. The number of rotatable bonds is 5. The number of hydrogen-bond acceptors (Lipinski definition) is 4. The number of fused-ring (bicyclic) bond motifs is 1. The molecule has 0 amide bonds. The van der Waals surface area contributed by atoms with Crippen LogP contribution in [0.4, 0.5) is 0 Å². The summed E-state index contributed by atoms with van der Waals surface area (Å²) >= 11 is 12.0. The normalized spacial score (nSPS) is 14.4. The third-order valence-corrected chi connectivity index (χ3v) is 4.25. The Morgan fingerprint density at radius 1 is 1.35 bits per heavy atom. The molecule has 7 heteroatoms. The topological polar surface area (TPSA) is 55.4 Å². The highest BCUT2D eigenvalue weighted by Crippen LogP contribution is 2.36. The third kappa shape index (κ3) is 4.38. The number of benzene rings is 1. The van der Waals surface area contributed by atoms with Crippen molar-refractivity contribution < 1.29 is 13.2 Å². The van der Waals surface area contributed by atoms with E-state index in [1.54, 1.807) is 12.1 Å². The van der Waals surface area contributed by atoms with Crippen LogP contribution in [0.2, 0.25) is 10.0 Å². The van der Waals surface area contributed by atoms with Crippen molar-refractivity contribution in [2.45, 2.75) is 0 Å². The van der Waals surface area contributed by atoms with Crippen molar-refractivity contribution in [3.63, 3.8) is 0 Å². The third-order valence-electron chi connectivity index (χ3n) is 2.80. The predicted octanol–water partition coefficient (Wildman–Crippen LogP) is 2.40. The monoisotopic (exact) mass is 335 g/mol. The summed E-state index contributed by atoms with van der Waals surface area (Å²) in [5.74, 6) is 0.756. The highest BCUT2D eigenvalue weighted by molar-refractivity contribution is 7.90. The fraction of sp³-hybridized carbons (Fsp3) is 0.385. The van der Waals surface area contributed by atoms with Crippen LogP contribution in [-0.4, -0.2) is 40.1 Å². The molecule has 0 bridgehead atoms. The maximum Gasteiger partial charge on any atom is 0.148 e. The molecule has 1 aromatic carbocycles. The molecule has 0 spiro atoms. The number of sulfone groups is 1. The molecule has 0 unspecified atom stereocenters. The highest BCUT2D eigenvalue weighted by atomic mass is 35.5. The van der Waals surface area contributed by atoms with E-state index in [0.29, 0.717) is 35.5 Å². The van der Waals surface area contributed by atoms with Gasteiger partial charge in [-0.05, 0) is 23.8 Å². The number of halogens is 2. The minimum absolute atomic E-state index is 0.120. The molecular weight excluding hydrogens is 321 g/mol. The molecule has 1 heterocycles. The second kappa shape index (κ2) is 6.35. The summed E-state index contributed by atoms with van der Waals surface area (Å²) in [5.41, 5.74) is 1.86. The Labute approximate surface area is 128 Å². The van der Waals surface area contributed by atoms with Crippen LogP contribution < -0.4 is 10.1 Å². The molecule has 1 aliphatic rings. The Morgan fingerprint density at radius 3 is 2.80 bits per heavy atom. The first-order chi connectivity index (χ1) is 9.35. The number of nitrogens with one attached hydrogen (secondary N) is 1. The lowest BCUT2D eigenvalue weighted by molar-refractivity contribution is 0.343. The van der Waals surface area contributed by atoms with E-state index in [4.69, 9.17) is 27.9 Å². The Bertz CT molecular complexity index is 641. The summed E-state index contributed by atoms with van der Waals surface area (Å²) < 4.78 is 27.6. The van der Waals surface area contributed by atoms with Gasteiger partial charge >= 0.3 is 0 Å². The summed E-state index contributed by atoms with van der Waals surface area (Å²) in [6.45, 7) is 1.42. The van der Waals surface area contributed by atoms with Crippen LogP contribution in [0.1, 0.15) is 5.56 Å². The van der Waals surface area contributed by atoms with Crippen LogP contribution in [0.3, 0.4) is 0 Å². The van der Waals surface area contributed by atoms with Crippen molar-refractivity contribution in [1.29, 1.82) is 0 Å². The second-order valence-corrected chi connectivity index (χ2v) is 7.81. The molecule has 1 aliphatic heterocycles. The minimum atomic E-state index is -2.94. The van der Waals surface area contributed by atoms with Crippen LogP contribution in [-0.2, 0) is 9.84 Å². The van der Waals surface area contributed by atoms with Gasteiger partial charge in [0, 0.05) is 29.9 Å². The Hall–Kier alpha value is -0.750. The van der Waals surface area contributed by atoms with E-state index >= 15 is 0 Å². The molecule has 0 saturated heterocycles. The van der Waals surface area contributed by atoms with E-state index in [0.717, 1.165) is 11.1 Å². The molecule has 0 fully saturated rings. The molecule has 0 aromatic heterocycles. The first-order valence-corrected chi connectivity index (χ1v) is 8.86. The quantitative estimate of drug-likeness (QED) is 0.839. The van der Waals surface area contributed by atoms with Crippen molar-refractivity contribution in [3.05, 3.63) is 33.3 Å². The van der Waals surface area contributed by atoms with Crippen molar-refractivity contribution in [2.24, 2.45) is 0 Å². The van der Waals surface area contributed by atoms with Gasteiger partial charge in [-0.1, -0.05) is 23.2 Å². The molecule has 110 valence electrons. The average Bonchev–Trinajstić information content (AvgIpc) is 2.33. The summed E-state index contributed by atoms with van der Waals surface area (Å²) in [7, 11) is -2.94. The van der Waals surface area contributed by atoms with Gasteiger partial charge in [0.05, 0.1) is 10.8 Å². The smallest absolute Gasteiger partial charge is 0.148 e. The van der Waals surface area contributed by atoms with Crippen molar-refractivity contribution in [1.82, 2.24) is 5.32 Å². The van der Waals surface area contributed by atoms with Crippen LogP contribution in [0.25, 0.3) is 6.08 Å². The fourth-order valence-electron chi connectivity index (χ4n) is 1.87. The Kier molecular flexibility index (Phi) is 4.96. The SMILES string of the molecule is CS(=O)(=O)CCNCC1=Cc2cc(Cl)cc(Cl)c2OC1. The minimum Gasteiger partial charge on any atom is -0.487 e. The van der Waals surface area contributed by atoms with Crippen LogP contribution >= 0.6 is 23.2 Å². The van der Waals surface area contributed by atoms with E-state index in [1.165, 1.54) is 6.26 Å². The summed E-state index contributed by atoms with van der Waals surface area (Å²) in [6, 6.07) is 3.43. The molecule has 2 rings (SSSR count). The molecule has 1 N–H and O–H groups in total. The Balaban J connectivity index is 1.99. The van der Waals surface area contributed by atoms with Gasteiger partial charge in [-0.2, -0.15) is 0 Å². The molecular formula is C13H15Cl2NO3S. The lowest BCUT2D eigenvalue weighted by atomic mass is 10.1. The van der Waals surface area contributed by atoms with Crippen molar-refractivity contribution in [2.75, 3.05) is 31.7 Å². The van der Waals surface area contributed by atoms with Gasteiger partial charge in [-0.3, -0.25) is 0 Å². The molecule has 0 aliphatic carbocycles. The zero-order valence-corrected chi connectivity index (χ0v) is 13.3. The van der Waals surface area contributed by atoms with E-state index in [-0.39, 0.29) is 5.75 Å². The molecule has 0 atom stereocenters. The molecule has 0 saturated carbocycles. The van der Waals surface area contributed by atoms with Gasteiger partial charge < -0.3 is 10.1 Å².